The van der Waals surface area contributed by atoms with Gasteiger partial charge in [0.25, 0.3) is 0 Å². The molecule has 0 aromatic heterocycles. The number of nitrogens with two attached hydrogens (primary N) is 1. The first-order valence-corrected chi connectivity index (χ1v) is 7.78. The highest BCUT2D eigenvalue weighted by atomic mass is 16.1. The molecule has 0 aliphatic rings. The second-order valence-electron chi connectivity index (χ2n) is 5.07. The summed E-state index contributed by atoms with van der Waals surface area (Å²) in [5.74, 6) is 0.0911. The molecule has 0 aromatic rings. The Bertz CT molecular complexity index is 183. The number of amides is 1. The standard InChI is InChI=1S/C15H32N2O/c1-2-3-4-5-6-7-8-9-10-11-14-17-15(18)12-13-16/h2-14,16H2,1H3,(H,17,18). The van der Waals surface area contributed by atoms with Gasteiger partial charge in [-0.3, -0.25) is 4.79 Å². The molecule has 0 saturated carbocycles. The predicted molar refractivity (Wildman–Crippen MR) is 78.5 cm³/mol. The van der Waals surface area contributed by atoms with Crippen molar-refractivity contribution in [3.05, 3.63) is 0 Å². The maximum absolute atomic E-state index is 11.1. The lowest BCUT2D eigenvalue weighted by Gasteiger charge is -2.04. The largest absolute Gasteiger partial charge is 0.356 e. The van der Waals surface area contributed by atoms with Crippen molar-refractivity contribution in [2.45, 2.75) is 77.6 Å². The van der Waals surface area contributed by atoms with Gasteiger partial charge in [0.2, 0.25) is 5.91 Å². The van der Waals surface area contributed by atoms with E-state index in [4.69, 9.17) is 5.73 Å². The minimum atomic E-state index is 0.0911. The van der Waals surface area contributed by atoms with Gasteiger partial charge in [0.1, 0.15) is 0 Å². The first-order chi connectivity index (χ1) is 8.81. The van der Waals surface area contributed by atoms with Gasteiger partial charge in [-0.05, 0) is 6.42 Å². The predicted octanol–water partition coefficient (Wildman–Crippen LogP) is 3.37. The molecule has 0 heterocycles. The molecule has 1 amide bonds. The van der Waals surface area contributed by atoms with Crippen LogP contribution in [0.15, 0.2) is 0 Å². The minimum absolute atomic E-state index is 0.0911. The monoisotopic (exact) mass is 256 g/mol. The summed E-state index contributed by atoms with van der Waals surface area (Å²) in [6.45, 7) is 3.52. The lowest BCUT2D eigenvalue weighted by Crippen LogP contribution is -2.26. The summed E-state index contributed by atoms with van der Waals surface area (Å²) in [5, 5.41) is 2.89. The van der Waals surface area contributed by atoms with Crippen LogP contribution in [-0.4, -0.2) is 19.0 Å². The number of hydrogen-bond acceptors (Lipinski definition) is 2. The van der Waals surface area contributed by atoms with E-state index in [0.717, 1.165) is 13.0 Å². The van der Waals surface area contributed by atoms with Gasteiger partial charge in [0, 0.05) is 19.5 Å². The molecular weight excluding hydrogens is 224 g/mol. The van der Waals surface area contributed by atoms with Crippen LogP contribution in [0.2, 0.25) is 0 Å². The van der Waals surface area contributed by atoms with Gasteiger partial charge < -0.3 is 11.1 Å². The van der Waals surface area contributed by atoms with Crippen molar-refractivity contribution < 1.29 is 4.79 Å². The highest BCUT2D eigenvalue weighted by Gasteiger charge is 1.97. The molecule has 0 rings (SSSR count). The highest BCUT2D eigenvalue weighted by Crippen LogP contribution is 2.10. The number of rotatable bonds is 13. The molecule has 0 fully saturated rings. The summed E-state index contributed by atoms with van der Waals surface area (Å²) in [6.07, 6.45) is 13.8. The fourth-order valence-corrected chi connectivity index (χ4v) is 2.06. The van der Waals surface area contributed by atoms with E-state index in [1.54, 1.807) is 0 Å². The van der Waals surface area contributed by atoms with E-state index in [1.807, 2.05) is 0 Å². The Morgan fingerprint density at radius 3 is 1.89 bits per heavy atom. The maximum atomic E-state index is 11.1. The van der Waals surface area contributed by atoms with Crippen LogP contribution in [0.1, 0.15) is 77.6 Å². The zero-order valence-corrected chi connectivity index (χ0v) is 12.2. The lowest BCUT2D eigenvalue weighted by atomic mass is 10.1. The fraction of sp³-hybridized carbons (Fsp3) is 0.933. The third-order valence-electron chi connectivity index (χ3n) is 3.22. The average molecular weight is 256 g/mol. The van der Waals surface area contributed by atoms with Gasteiger partial charge in [0.05, 0.1) is 0 Å². The molecule has 0 radical (unpaired) electrons. The Morgan fingerprint density at radius 1 is 0.889 bits per heavy atom. The third-order valence-corrected chi connectivity index (χ3v) is 3.22. The second kappa shape index (κ2) is 14.5. The van der Waals surface area contributed by atoms with Crippen LogP contribution in [-0.2, 0) is 4.79 Å². The molecule has 3 N–H and O–H groups in total. The first kappa shape index (κ1) is 17.4. The van der Waals surface area contributed by atoms with Crippen LogP contribution in [0.4, 0.5) is 0 Å². The molecule has 0 bridgehead atoms. The maximum Gasteiger partial charge on any atom is 0.221 e. The summed E-state index contributed by atoms with van der Waals surface area (Å²) in [5.41, 5.74) is 5.30. The molecule has 0 saturated heterocycles. The second-order valence-corrected chi connectivity index (χ2v) is 5.07. The van der Waals surface area contributed by atoms with Gasteiger partial charge in [-0.25, -0.2) is 0 Å². The Morgan fingerprint density at radius 2 is 1.39 bits per heavy atom. The fourth-order valence-electron chi connectivity index (χ4n) is 2.06. The summed E-state index contributed by atoms with van der Waals surface area (Å²) < 4.78 is 0. The summed E-state index contributed by atoms with van der Waals surface area (Å²) in [4.78, 5) is 11.1. The lowest BCUT2D eigenvalue weighted by molar-refractivity contribution is -0.120. The van der Waals surface area contributed by atoms with Crippen molar-refractivity contribution in [1.29, 1.82) is 0 Å². The normalized spacial score (nSPS) is 10.6. The minimum Gasteiger partial charge on any atom is -0.356 e. The molecule has 3 nitrogen and oxygen atoms in total. The van der Waals surface area contributed by atoms with Crippen LogP contribution in [0, 0.1) is 0 Å². The highest BCUT2D eigenvalue weighted by molar-refractivity contribution is 5.75. The Kier molecular flexibility index (Phi) is 14.0. The average Bonchev–Trinajstić information content (AvgIpc) is 2.36. The molecule has 18 heavy (non-hydrogen) atoms. The quantitative estimate of drug-likeness (QED) is 0.496. The Balaban J connectivity index is 3.01. The number of nitrogens with one attached hydrogen (secondary N) is 1. The van der Waals surface area contributed by atoms with Crippen LogP contribution in [0.3, 0.4) is 0 Å². The van der Waals surface area contributed by atoms with Gasteiger partial charge in [-0.1, -0.05) is 64.7 Å². The molecule has 0 spiro atoms. The van der Waals surface area contributed by atoms with Crippen molar-refractivity contribution in [1.82, 2.24) is 5.32 Å². The van der Waals surface area contributed by atoms with Gasteiger partial charge in [-0.15, -0.1) is 0 Å². The van der Waals surface area contributed by atoms with Crippen molar-refractivity contribution in [2.75, 3.05) is 13.1 Å². The third kappa shape index (κ3) is 13.5. The summed E-state index contributed by atoms with van der Waals surface area (Å²) in [7, 11) is 0. The van der Waals surface area contributed by atoms with E-state index in [1.165, 1.54) is 57.8 Å². The van der Waals surface area contributed by atoms with E-state index in [0.29, 0.717) is 13.0 Å². The molecule has 108 valence electrons. The van der Waals surface area contributed by atoms with E-state index in [-0.39, 0.29) is 5.91 Å². The van der Waals surface area contributed by atoms with E-state index < -0.39 is 0 Å². The van der Waals surface area contributed by atoms with E-state index in [2.05, 4.69) is 12.2 Å². The van der Waals surface area contributed by atoms with Crippen molar-refractivity contribution in [3.8, 4) is 0 Å². The summed E-state index contributed by atoms with van der Waals surface area (Å²) in [6, 6.07) is 0. The first-order valence-electron chi connectivity index (χ1n) is 7.78. The molecular formula is C15H32N2O. The van der Waals surface area contributed by atoms with Crippen LogP contribution in [0.5, 0.6) is 0 Å². The smallest absolute Gasteiger partial charge is 0.221 e. The van der Waals surface area contributed by atoms with E-state index >= 15 is 0 Å². The molecule has 0 aromatic carbocycles. The summed E-state index contributed by atoms with van der Waals surface area (Å²) >= 11 is 0. The van der Waals surface area contributed by atoms with Crippen molar-refractivity contribution >= 4 is 5.91 Å². The van der Waals surface area contributed by atoms with Gasteiger partial charge in [-0.2, -0.15) is 0 Å². The Labute approximate surface area is 113 Å². The van der Waals surface area contributed by atoms with E-state index in [9.17, 15) is 4.79 Å². The van der Waals surface area contributed by atoms with Crippen LogP contribution < -0.4 is 11.1 Å². The molecule has 3 heteroatoms. The van der Waals surface area contributed by atoms with Gasteiger partial charge in [0.15, 0.2) is 0 Å². The Hall–Kier alpha value is -0.570. The molecule has 0 aliphatic carbocycles. The van der Waals surface area contributed by atoms with Crippen molar-refractivity contribution in [3.63, 3.8) is 0 Å². The molecule has 0 aliphatic heterocycles. The van der Waals surface area contributed by atoms with Crippen molar-refractivity contribution in [2.24, 2.45) is 5.73 Å². The number of carbonyl (C=O) groups is 1. The van der Waals surface area contributed by atoms with Crippen LogP contribution >= 0.6 is 0 Å². The molecule has 0 unspecified atom stereocenters. The molecule has 0 atom stereocenters. The van der Waals surface area contributed by atoms with Crippen LogP contribution in [0.25, 0.3) is 0 Å². The number of unbranched alkanes of at least 4 members (excludes halogenated alkanes) is 9. The number of hydrogen-bond donors (Lipinski definition) is 2. The zero-order valence-electron chi connectivity index (χ0n) is 12.2. The number of carbonyl (C=O) groups excluding carboxylic acids is 1. The zero-order chi connectivity index (χ0) is 13.5. The topological polar surface area (TPSA) is 55.1 Å². The van der Waals surface area contributed by atoms with Gasteiger partial charge >= 0.3 is 0 Å². The SMILES string of the molecule is CCCCCCCCCCCCNC(=O)CCN.